The van der Waals surface area contributed by atoms with Crippen LogP contribution in [0.25, 0.3) is 10.9 Å². The van der Waals surface area contributed by atoms with Crippen molar-refractivity contribution in [2.24, 2.45) is 0 Å². The number of benzene rings is 1. The van der Waals surface area contributed by atoms with Gasteiger partial charge in [0, 0.05) is 6.54 Å². The van der Waals surface area contributed by atoms with Gasteiger partial charge in [-0.3, -0.25) is 0 Å². The highest BCUT2D eigenvalue weighted by Crippen LogP contribution is 2.17. The highest BCUT2D eigenvalue weighted by molar-refractivity contribution is 5.81. The van der Waals surface area contributed by atoms with E-state index in [1.807, 2.05) is 26.0 Å². The summed E-state index contributed by atoms with van der Waals surface area (Å²) in [6.07, 6.45) is 2.11. The van der Waals surface area contributed by atoms with E-state index in [-0.39, 0.29) is 5.63 Å². The summed E-state index contributed by atoms with van der Waals surface area (Å²) < 4.78 is 5.17. The van der Waals surface area contributed by atoms with Gasteiger partial charge in [-0.05, 0) is 37.5 Å². The second kappa shape index (κ2) is 5.21. The molecule has 0 saturated carbocycles. The third-order valence-corrected chi connectivity index (χ3v) is 2.87. The summed E-state index contributed by atoms with van der Waals surface area (Å²) in [7, 11) is 0. The molecule has 0 bridgehead atoms. The van der Waals surface area contributed by atoms with Crippen LogP contribution in [0.15, 0.2) is 21.3 Å². The molecule has 1 N–H and O–H groups in total. The van der Waals surface area contributed by atoms with Crippen LogP contribution in [0.3, 0.4) is 0 Å². The predicted molar refractivity (Wildman–Crippen MR) is 73.2 cm³/mol. The van der Waals surface area contributed by atoms with Gasteiger partial charge in [0.05, 0.1) is 10.9 Å². The van der Waals surface area contributed by atoms with Crippen molar-refractivity contribution < 1.29 is 4.42 Å². The van der Waals surface area contributed by atoms with Gasteiger partial charge in [-0.25, -0.2) is 4.79 Å². The topological polar surface area (TPSA) is 55.1 Å². The second-order valence-electron chi connectivity index (χ2n) is 4.56. The molecular weight excluding hydrogens is 228 g/mol. The van der Waals surface area contributed by atoms with Gasteiger partial charge in [-0.1, -0.05) is 19.4 Å². The molecule has 0 radical (unpaired) electrons. The Balaban J connectivity index is 2.45. The Bertz CT molecular complexity index is 617. The first kappa shape index (κ1) is 12.6. The molecule has 0 aliphatic rings. The Morgan fingerprint density at radius 1 is 1.33 bits per heavy atom. The summed E-state index contributed by atoms with van der Waals surface area (Å²) in [6, 6.07) is 4.15. The molecule has 18 heavy (non-hydrogen) atoms. The summed E-state index contributed by atoms with van der Waals surface area (Å²) in [5.74, 6) is 0. The van der Waals surface area contributed by atoms with Crippen molar-refractivity contribution in [3.05, 3.63) is 33.7 Å². The Morgan fingerprint density at radius 3 is 2.83 bits per heavy atom. The first-order valence-electron chi connectivity index (χ1n) is 6.27. The molecule has 96 valence electrons. The Labute approximate surface area is 106 Å². The summed E-state index contributed by atoms with van der Waals surface area (Å²) in [6.45, 7) is 6.79. The fraction of sp³-hybridized carbons (Fsp3) is 0.429. The van der Waals surface area contributed by atoms with E-state index in [1.54, 1.807) is 0 Å². The quantitative estimate of drug-likeness (QED) is 0.842. The molecule has 0 aliphatic heterocycles. The molecule has 4 heteroatoms. The van der Waals surface area contributed by atoms with E-state index in [0.29, 0.717) is 11.4 Å². The zero-order valence-electron chi connectivity index (χ0n) is 11.0. The van der Waals surface area contributed by atoms with E-state index in [1.165, 1.54) is 0 Å². The van der Waals surface area contributed by atoms with Crippen LogP contribution < -0.4 is 10.9 Å². The Hall–Kier alpha value is -1.84. The van der Waals surface area contributed by atoms with Gasteiger partial charge in [-0.15, -0.1) is 0 Å². The number of hydrogen-bond donors (Lipinski definition) is 1. The van der Waals surface area contributed by atoms with E-state index in [2.05, 4.69) is 17.2 Å². The molecule has 0 aliphatic carbocycles. The highest BCUT2D eigenvalue weighted by atomic mass is 16.4. The highest BCUT2D eigenvalue weighted by Gasteiger charge is 2.08. The number of anilines is 1. The van der Waals surface area contributed by atoms with Crippen molar-refractivity contribution in [1.82, 2.24) is 4.98 Å². The maximum Gasteiger partial charge on any atom is 0.348 e. The van der Waals surface area contributed by atoms with E-state index in [9.17, 15) is 4.79 Å². The minimum atomic E-state index is -0.328. The molecule has 0 spiro atoms. The van der Waals surface area contributed by atoms with Crippen LogP contribution in [-0.2, 0) is 0 Å². The van der Waals surface area contributed by atoms with Crippen LogP contribution in [0.5, 0.6) is 0 Å². The van der Waals surface area contributed by atoms with Gasteiger partial charge in [0.2, 0.25) is 0 Å². The summed E-state index contributed by atoms with van der Waals surface area (Å²) >= 11 is 0. The van der Waals surface area contributed by atoms with Gasteiger partial charge < -0.3 is 9.73 Å². The number of aromatic nitrogens is 1. The monoisotopic (exact) mass is 246 g/mol. The lowest BCUT2D eigenvalue weighted by atomic mass is 10.1. The number of nitrogens with zero attached hydrogens (tertiary/aromatic N) is 1. The average molecular weight is 246 g/mol. The first-order valence-corrected chi connectivity index (χ1v) is 6.27. The predicted octanol–water partition coefficient (Wildman–Crippen LogP) is 3.02. The summed E-state index contributed by atoms with van der Waals surface area (Å²) in [5.41, 5.74) is 2.43. The standard InChI is InChI=1S/C14H18N2O2/c1-4-5-6-15-14-16-12-10(3)7-9(2)8-11(12)13(17)18-14/h7-8H,4-6H2,1-3H3,(H,15,16). The van der Waals surface area contributed by atoms with E-state index in [0.717, 1.165) is 36.0 Å². The molecular formula is C14H18N2O2. The van der Waals surface area contributed by atoms with Gasteiger partial charge in [-0.2, -0.15) is 4.98 Å². The maximum absolute atomic E-state index is 11.9. The van der Waals surface area contributed by atoms with Gasteiger partial charge >= 0.3 is 5.63 Å². The van der Waals surface area contributed by atoms with Crippen molar-refractivity contribution in [2.45, 2.75) is 33.6 Å². The number of aryl methyl sites for hydroxylation is 2. The molecule has 2 aromatic rings. The zero-order chi connectivity index (χ0) is 13.1. The molecule has 0 saturated heterocycles. The summed E-state index contributed by atoms with van der Waals surface area (Å²) in [4.78, 5) is 16.3. The molecule has 2 rings (SSSR count). The van der Waals surface area contributed by atoms with Crippen molar-refractivity contribution in [3.8, 4) is 0 Å². The molecule has 0 unspecified atom stereocenters. The van der Waals surface area contributed by atoms with Crippen molar-refractivity contribution in [3.63, 3.8) is 0 Å². The number of rotatable bonds is 4. The molecule has 4 nitrogen and oxygen atoms in total. The van der Waals surface area contributed by atoms with Crippen LogP contribution in [0.4, 0.5) is 6.01 Å². The second-order valence-corrected chi connectivity index (χ2v) is 4.56. The average Bonchev–Trinajstić information content (AvgIpc) is 2.31. The smallest absolute Gasteiger partial charge is 0.348 e. The fourth-order valence-corrected chi connectivity index (χ4v) is 1.98. The van der Waals surface area contributed by atoms with Crippen LogP contribution in [0, 0.1) is 13.8 Å². The van der Waals surface area contributed by atoms with Crippen LogP contribution >= 0.6 is 0 Å². The third-order valence-electron chi connectivity index (χ3n) is 2.87. The lowest BCUT2D eigenvalue weighted by Gasteiger charge is -2.06. The van der Waals surface area contributed by atoms with Crippen molar-refractivity contribution >= 4 is 16.9 Å². The molecule has 0 amide bonds. The minimum absolute atomic E-state index is 0.313. The van der Waals surface area contributed by atoms with Gasteiger partial charge in [0.25, 0.3) is 6.01 Å². The van der Waals surface area contributed by atoms with Gasteiger partial charge in [0.15, 0.2) is 0 Å². The molecule has 1 heterocycles. The lowest BCUT2D eigenvalue weighted by molar-refractivity contribution is 0.515. The maximum atomic E-state index is 11.9. The molecule has 1 aromatic heterocycles. The Morgan fingerprint density at radius 2 is 2.11 bits per heavy atom. The minimum Gasteiger partial charge on any atom is -0.389 e. The van der Waals surface area contributed by atoms with E-state index < -0.39 is 0 Å². The number of fused-ring (bicyclic) bond motifs is 1. The SMILES string of the molecule is CCCCNc1nc2c(C)cc(C)cc2c(=O)o1. The fourth-order valence-electron chi connectivity index (χ4n) is 1.98. The van der Waals surface area contributed by atoms with E-state index >= 15 is 0 Å². The van der Waals surface area contributed by atoms with Gasteiger partial charge in [0.1, 0.15) is 0 Å². The largest absolute Gasteiger partial charge is 0.389 e. The van der Waals surface area contributed by atoms with Crippen LogP contribution in [0.2, 0.25) is 0 Å². The number of hydrogen-bond acceptors (Lipinski definition) is 4. The lowest BCUT2D eigenvalue weighted by Crippen LogP contribution is -2.09. The molecule has 0 fully saturated rings. The zero-order valence-corrected chi connectivity index (χ0v) is 11.0. The third kappa shape index (κ3) is 2.53. The van der Waals surface area contributed by atoms with Crippen LogP contribution in [-0.4, -0.2) is 11.5 Å². The Kier molecular flexibility index (Phi) is 3.65. The summed E-state index contributed by atoms with van der Waals surface area (Å²) in [5, 5.41) is 3.59. The number of nitrogens with one attached hydrogen (secondary N) is 1. The van der Waals surface area contributed by atoms with Crippen molar-refractivity contribution in [2.75, 3.05) is 11.9 Å². The number of unbranched alkanes of at least 4 members (excludes halogenated alkanes) is 1. The van der Waals surface area contributed by atoms with Crippen LogP contribution in [0.1, 0.15) is 30.9 Å². The van der Waals surface area contributed by atoms with Crippen molar-refractivity contribution in [1.29, 1.82) is 0 Å². The van der Waals surface area contributed by atoms with E-state index in [4.69, 9.17) is 4.42 Å². The normalized spacial score (nSPS) is 10.8. The first-order chi connectivity index (χ1) is 8.61. The molecule has 0 atom stereocenters. The molecule has 1 aromatic carbocycles.